The van der Waals surface area contributed by atoms with Crippen LogP contribution >= 0.6 is 11.3 Å². The number of fused-ring (bicyclic) bond motifs is 1. The van der Waals surface area contributed by atoms with Gasteiger partial charge in [0, 0.05) is 31.1 Å². The summed E-state index contributed by atoms with van der Waals surface area (Å²) < 4.78 is 0. The smallest absolute Gasteiger partial charge is 0.265 e. The third-order valence-electron chi connectivity index (χ3n) is 4.44. The third-order valence-corrected chi connectivity index (χ3v) is 5.52. The number of nitrogens with two attached hydrogens (primary N) is 1. The van der Waals surface area contributed by atoms with Gasteiger partial charge in [-0.15, -0.1) is 16.4 Å². The van der Waals surface area contributed by atoms with Crippen LogP contribution in [0.25, 0.3) is 10.2 Å². The molecule has 3 rings (SSSR count). The van der Waals surface area contributed by atoms with E-state index in [1.54, 1.807) is 36.2 Å². The van der Waals surface area contributed by atoms with Gasteiger partial charge in [-0.1, -0.05) is 18.2 Å². The number of carbonyl (C=O) groups is 2. The lowest BCUT2D eigenvalue weighted by Gasteiger charge is -2.17. The minimum Gasteiger partial charge on any atom is -0.397 e. The molecular formula is C19H21N5O2S. The van der Waals surface area contributed by atoms with Crippen molar-refractivity contribution in [2.75, 3.05) is 25.9 Å². The summed E-state index contributed by atoms with van der Waals surface area (Å²) in [5.41, 5.74) is 8.98. The van der Waals surface area contributed by atoms with Crippen LogP contribution in [0.15, 0.2) is 30.3 Å². The molecule has 0 fully saturated rings. The number of benzene rings is 1. The van der Waals surface area contributed by atoms with Crippen molar-refractivity contribution >= 4 is 39.1 Å². The lowest BCUT2D eigenvalue weighted by atomic mass is 10.1. The van der Waals surface area contributed by atoms with Crippen molar-refractivity contribution in [1.29, 1.82) is 0 Å². The van der Waals surface area contributed by atoms with Gasteiger partial charge in [0.05, 0.1) is 11.4 Å². The summed E-state index contributed by atoms with van der Waals surface area (Å²) in [5.74, 6) is -0.360. The van der Waals surface area contributed by atoms with E-state index in [2.05, 4.69) is 15.5 Å². The second kappa shape index (κ2) is 7.71. The normalized spacial score (nSPS) is 10.8. The Hall–Kier alpha value is -3.00. The quantitative estimate of drug-likeness (QED) is 0.704. The summed E-state index contributed by atoms with van der Waals surface area (Å²) in [7, 11) is 1.69. The standard InChI is InChI=1S/C19H21N5O2S/c1-11-12(2)22-23-18-14(11)15(20)16(27-18)19(26)24(3)10-9-21-17(25)13-7-5-4-6-8-13/h4-8H,9-10,20H2,1-3H3,(H,21,25). The number of anilines is 1. The molecule has 27 heavy (non-hydrogen) atoms. The van der Waals surface area contributed by atoms with Gasteiger partial charge in [0.15, 0.2) is 0 Å². The number of hydrogen-bond acceptors (Lipinski definition) is 6. The van der Waals surface area contributed by atoms with Crippen LogP contribution < -0.4 is 11.1 Å². The minimum absolute atomic E-state index is 0.167. The number of nitrogens with one attached hydrogen (secondary N) is 1. The number of amides is 2. The van der Waals surface area contributed by atoms with Crippen LogP contribution in [0.3, 0.4) is 0 Å². The van der Waals surface area contributed by atoms with Crippen LogP contribution in [0, 0.1) is 13.8 Å². The molecule has 0 aliphatic heterocycles. The summed E-state index contributed by atoms with van der Waals surface area (Å²) in [5, 5.41) is 11.8. The zero-order valence-electron chi connectivity index (χ0n) is 15.4. The van der Waals surface area contributed by atoms with Crippen LogP contribution in [0.1, 0.15) is 31.3 Å². The zero-order chi connectivity index (χ0) is 19.6. The number of aryl methyl sites for hydroxylation is 2. The number of aromatic nitrogens is 2. The first-order chi connectivity index (χ1) is 12.9. The zero-order valence-corrected chi connectivity index (χ0v) is 16.3. The molecule has 3 aromatic rings. The molecule has 0 aliphatic carbocycles. The van der Waals surface area contributed by atoms with E-state index >= 15 is 0 Å². The molecule has 0 unspecified atom stereocenters. The molecule has 1 aromatic carbocycles. The Labute approximate surface area is 161 Å². The number of thiophene rings is 1. The van der Waals surface area contributed by atoms with Crippen molar-refractivity contribution in [3.8, 4) is 0 Å². The van der Waals surface area contributed by atoms with Gasteiger partial charge >= 0.3 is 0 Å². The summed E-state index contributed by atoms with van der Waals surface area (Å²) in [6.45, 7) is 4.50. The lowest BCUT2D eigenvalue weighted by Crippen LogP contribution is -2.36. The lowest BCUT2D eigenvalue weighted by molar-refractivity contribution is 0.0792. The topological polar surface area (TPSA) is 101 Å². The van der Waals surface area contributed by atoms with E-state index in [1.165, 1.54) is 11.3 Å². The predicted octanol–water partition coefficient (Wildman–Crippen LogP) is 2.39. The van der Waals surface area contributed by atoms with Crippen molar-refractivity contribution in [2.45, 2.75) is 13.8 Å². The number of nitrogen functional groups attached to an aromatic ring is 1. The van der Waals surface area contributed by atoms with Crippen molar-refractivity contribution in [3.05, 3.63) is 52.0 Å². The molecular weight excluding hydrogens is 362 g/mol. The van der Waals surface area contributed by atoms with E-state index in [9.17, 15) is 9.59 Å². The Bertz CT molecular complexity index is 1000. The molecule has 3 N–H and O–H groups in total. The number of carbonyl (C=O) groups excluding carboxylic acids is 2. The van der Waals surface area contributed by atoms with E-state index in [1.807, 2.05) is 19.9 Å². The molecule has 0 aliphatic rings. The Morgan fingerprint density at radius 3 is 2.59 bits per heavy atom. The van der Waals surface area contributed by atoms with Crippen LogP contribution in [0.2, 0.25) is 0 Å². The van der Waals surface area contributed by atoms with Gasteiger partial charge in [0.1, 0.15) is 9.71 Å². The van der Waals surface area contributed by atoms with Crippen LogP contribution in [0.5, 0.6) is 0 Å². The second-order valence-corrected chi connectivity index (χ2v) is 7.28. The predicted molar refractivity (Wildman–Crippen MR) is 107 cm³/mol. The Balaban J connectivity index is 1.67. The molecule has 140 valence electrons. The molecule has 2 amide bonds. The molecule has 2 heterocycles. The number of likely N-dealkylation sites (N-methyl/N-ethyl adjacent to an activating group) is 1. The Kier molecular flexibility index (Phi) is 5.36. The molecule has 7 nitrogen and oxygen atoms in total. The number of nitrogens with zero attached hydrogens (tertiary/aromatic N) is 3. The molecule has 2 aromatic heterocycles. The highest BCUT2D eigenvalue weighted by atomic mass is 32.1. The molecule has 0 spiro atoms. The molecule has 8 heteroatoms. The molecule has 0 atom stereocenters. The fourth-order valence-corrected chi connectivity index (χ4v) is 3.80. The van der Waals surface area contributed by atoms with E-state index in [0.29, 0.717) is 34.0 Å². The molecule has 0 radical (unpaired) electrons. The van der Waals surface area contributed by atoms with Gasteiger partial charge in [0.2, 0.25) is 0 Å². The summed E-state index contributed by atoms with van der Waals surface area (Å²) in [6, 6.07) is 8.95. The number of rotatable bonds is 5. The van der Waals surface area contributed by atoms with Gasteiger partial charge < -0.3 is 16.0 Å². The van der Waals surface area contributed by atoms with E-state index < -0.39 is 0 Å². The molecule has 0 bridgehead atoms. The SMILES string of the molecule is Cc1nnc2sc(C(=O)N(C)CCNC(=O)c3ccccc3)c(N)c2c1C. The monoisotopic (exact) mass is 383 g/mol. The van der Waals surface area contributed by atoms with Crippen molar-refractivity contribution < 1.29 is 9.59 Å². The Morgan fingerprint density at radius 2 is 1.89 bits per heavy atom. The fourth-order valence-electron chi connectivity index (χ4n) is 2.70. The average Bonchev–Trinajstić information content (AvgIpc) is 3.01. The summed E-state index contributed by atoms with van der Waals surface area (Å²) >= 11 is 1.24. The van der Waals surface area contributed by atoms with Gasteiger partial charge in [-0.25, -0.2) is 0 Å². The van der Waals surface area contributed by atoms with E-state index in [-0.39, 0.29) is 11.8 Å². The maximum Gasteiger partial charge on any atom is 0.265 e. The minimum atomic E-state index is -0.193. The van der Waals surface area contributed by atoms with Gasteiger partial charge in [0.25, 0.3) is 11.8 Å². The van der Waals surface area contributed by atoms with Crippen molar-refractivity contribution in [2.24, 2.45) is 0 Å². The van der Waals surface area contributed by atoms with E-state index in [4.69, 9.17) is 5.73 Å². The van der Waals surface area contributed by atoms with Crippen LogP contribution in [-0.2, 0) is 0 Å². The third kappa shape index (κ3) is 3.75. The van der Waals surface area contributed by atoms with Gasteiger partial charge in [-0.05, 0) is 31.5 Å². The van der Waals surface area contributed by atoms with Crippen molar-refractivity contribution in [3.63, 3.8) is 0 Å². The second-order valence-electron chi connectivity index (χ2n) is 6.28. The first-order valence-electron chi connectivity index (χ1n) is 8.50. The number of hydrogen-bond donors (Lipinski definition) is 2. The summed E-state index contributed by atoms with van der Waals surface area (Å²) in [6.07, 6.45) is 0. The Morgan fingerprint density at radius 1 is 1.19 bits per heavy atom. The highest BCUT2D eigenvalue weighted by Gasteiger charge is 2.22. The first kappa shape index (κ1) is 18.8. The first-order valence-corrected chi connectivity index (χ1v) is 9.32. The largest absolute Gasteiger partial charge is 0.397 e. The van der Waals surface area contributed by atoms with Crippen LogP contribution in [0.4, 0.5) is 5.69 Å². The van der Waals surface area contributed by atoms with Gasteiger partial charge in [-0.3, -0.25) is 9.59 Å². The highest BCUT2D eigenvalue weighted by Crippen LogP contribution is 2.35. The maximum absolute atomic E-state index is 12.8. The fraction of sp³-hybridized carbons (Fsp3) is 0.263. The highest BCUT2D eigenvalue weighted by molar-refractivity contribution is 7.21. The molecule has 0 saturated carbocycles. The summed E-state index contributed by atoms with van der Waals surface area (Å²) in [4.78, 5) is 27.5. The van der Waals surface area contributed by atoms with E-state index in [0.717, 1.165) is 16.6 Å². The van der Waals surface area contributed by atoms with Crippen LogP contribution in [-0.4, -0.2) is 47.0 Å². The average molecular weight is 383 g/mol. The maximum atomic E-state index is 12.8. The van der Waals surface area contributed by atoms with Crippen molar-refractivity contribution in [1.82, 2.24) is 20.4 Å². The molecule has 0 saturated heterocycles. The van der Waals surface area contributed by atoms with Gasteiger partial charge in [-0.2, -0.15) is 5.10 Å².